The normalized spacial score (nSPS) is 21.2. The third kappa shape index (κ3) is 4.21. The first-order chi connectivity index (χ1) is 5.58. The van der Waals surface area contributed by atoms with Crippen molar-refractivity contribution in [3.63, 3.8) is 0 Å². The number of phosphoric acid groups is 1. The van der Waals surface area contributed by atoms with Gasteiger partial charge in [-0.1, -0.05) is 19.3 Å². The maximum atomic E-state index is 10.3. The van der Waals surface area contributed by atoms with Gasteiger partial charge in [0.15, 0.2) is 0 Å². The highest BCUT2D eigenvalue weighted by molar-refractivity contribution is 7.46. The summed E-state index contributed by atoms with van der Waals surface area (Å²) in [6, 6.07) is 0. The summed E-state index contributed by atoms with van der Waals surface area (Å²) in [5.74, 6) is 0.353. The van der Waals surface area contributed by atoms with Gasteiger partial charge >= 0.3 is 7.82 Å². The average molecular weight is 194 g/mol. The molecule has 0 aromatic heterocycles. The molecule has 5 heteroatoms. The molecule has 0 aromatic carbocycles. The molecular weight excluding hydrogens is 179 g/mol. The highest BCUT2D eigenvalue weighted by Crippen LogP contribution is 2.37. The molecule has 0 aromatic rings. The topological polar surface area (TPSA) is 66.8 Å². The van der Waals surface area contributed by atoms with Crippen molar-refractivity contribution >= 4 is 7.82 Å². The third-order valence-corrected chi connectivity index (χ3v) is 2.69. The number of hydrogen-bond donors (Lipinski definition) is 2. The van der Waals surface area contributed by atoms with Crippen LogP contribution in [0.2, 0.25) is 0 Å². The van der Waals surface area contributed by atoms with E-state index in [1.54, 1.807) is 0 Å². The van der Waals surface area contributed by atoms with Crippen LogP contribution in [0.3, 0.4) is 0 Å². The number of phosphoric ester groups is 1. The molecule has 1 fully saturated rings. The van der Waals surface area contributed by atoms with E-state index in [9.17, 15) is 4.57 Å². The molecule has 1 saturated carbocycles. The first-order valence-corrected chi connectivity index (χ1v) is 5.81. The molecule has 1 aliphatic carbocycles. The second-order valence-corrected chi connectivity index (χ2v) is 4.53. The van der Waals surface area contributed by atoms with E-state index in [4.69, 9.17) is 9.79 Å². The van der Waals surface area contributed by atoms with Crippen LogP contribution in [0.15, 0.2) is 0 Å². The van der Waals surface area contributed by atoms with Crippen molar-refractivity contribution in [3.8, 4) is 0 Å². The van der Waals surface area contributed by atoms with Gasteiger partial charge in [-0.25, -0.2) is 4.57 Å². The monoisotopic (exact) mass is 194 g/mol. The van der Waals surface area contributed by atoms with Gasteiger partial charge in [-0.05, 0) is 18.8 Å². The summed E-state index contributed by atoms with van der Waals surface area (Å²) in [5, 5.41) is 0. The van der Waals surface area contributed by atoms with Gasteiger partial charge in [0.05, 0.1) is 6.61 Å². The van der Waals surface area contributed by atoms with Crippen LogP contribution in [0.1, 0.15) is 32.1 Å². The van der Waals surface area contributed by atoms with E-state index in [-0.39, 0.29) is 6.61 Å². The second kappa shape index (κ2) is 4.38. The van der Waals surface area contributed by atoms with E-state index in [1.807, 2.05) is 0 Å². The van der Waals surface area contributed by atoms with E-state index in [0.29, 0.717) is 5.92 Å². The summed E-state index contributed by atoms with van der Waals surface area (Å²) < 4.78 is 14.8. The van der Waals surface area contributed by atoms with Crippen molar-refractivity contribution in [1.82, 2.24) is 0 Å². The first kappa shape index (κ1) is 10.2. The Kier molecular flexibility index (Phi) is 3.72. The zero-order chi connectivity index (χ0) is 9.03. The highest BCUT2D eigenvalue weighted by atomic mass is 31.2. The summed E-state index contributed by atoms with van der Waals surface area (Å²) in [6.07, 6.45) is 5.65. The smallest absolute Gasteiger partial charge is 0.303 e. The molecule has 0 aliphatic heterocycles. The Hall–Kier alpha value is 0.110. The van der Waals surface area contributed by atoms with Gasteiger partial charge < -0.3 is 9.79 Å². The van der Waals surface area contributed by atoms with E-state index in [0.717, 1.165) is 25.7 Å². The zero-order valence-corrected chi connectivity index (χ0v) is 7.87. The van der Waals surface area contributed by atoms with Crippen LogP contribution in [0, 0.1) is 5.92 Å². The van der Waals surface area contributed by atoms with Crippen molar-refractivity contribution in [2.45, 2.75) is 32.1 Å². The Morgan fingerprint density at radius 3 is 2.33 bits per heavy atom. The van der Waals surface area contributed by atoms with Crippen LogP contribution in [-0.4, -0.2) is 16.4 Å². The standard InChI is InChI=1S/C7H15O4P/c8-12(9,10)11-6-7-4-2-1-3-5-7/h7H,1-6H2,(H2,8,9,10). The minimum Gasteiger partial charge on any atom is -0.303 e. The average Bonchev–Trinajstić information content (AvgIpc) is 2.02. The maximum Gasteiger partial charge on any atom is 0.469 e. The van der Waals surface area contributed by atoms with Gasteiger partial charge in [-0.15, -0.1) is 0 Å². The number of rotatable bonds is 3. The molecule has 2 N–H and O–H groups in total. The fraction of sp³-hybridized carbons (Fsp3) is 1.00. The van der Waals surface area contributed by atoms with Gasteiger partial charge in [-0.3, -0.25) is 4.52 Å². The van der Waals surface area contributed by atoms with E-state index in [1.165, 1.54) is 6.42 Å². The van der Waals surface area contributed by atoms with E-state index >= 15 is 0 Å². The first-order valence-electron chi connectivity index (χ1n) is 4.28. The summed E-state index contributed by atoms with van der Waals surface area (Å²) in [7, 11) is -4.23. The van der Waals surface area contributed by atoms with Gasteiger partial charge in [0, 0.05) is 0 Å². The number of hydrogen-bond acceptors (Lipinski definition) is 2. The maximum absolute atomic E-state index is 10.3. The molecule has 4 nitrogen and oxygen atoms in total. The molecule has 12 heavy (non-hydrogen) atoms. The lowest BCUT2D eigenvalue weighted by molar-refractivity contribution is 0.150. The molecule has 0 bridgehead atoms. The molecule has 1 aliphatic rings. The SMILES string of the molecule is O=P(O)(O)OCC1CCCCC1. The molecule has 1 rings (SSSR count). The Labute approximate surface area is 72.2 Å². The van der Waals surface area contributed by atoms with Gasteiger partial charge in [0.1, 0.15) is 0 Å². The van der Waals surface area contributed by atoms with Crippen molar-refractivity contribution in [2.75, 3.05) is 6.61 Å². The van der Waals surface area contributed by atoms with Crippen molar-refractivity contribution < 1.29 is 18.9 Å². The summed E-state index contributed by atoms with van der Waals surface area (Å²) in [4.78, 5) is 16.9. The lowest BCUT2D eigenvalue weighted by Gasteiger charge is -2.21. The molecule has 0 atom stereocenters. The summed E-state index contributed by atoms with van der Waals surface area (Å²) in [6.45, 7) is 0.213. The van der Waals surface area contributed by atoms with Crippen LogP contribution in [0.4, 0.5) is 0 Å². The molecule has 0 spiro atoms. The van der Waals surface area contributed by atoms with Gasteiger partial charge in [0.25, 0.3) is 0 Å². The predicted molar refractivity (Wildman–Crippen MR) is 44.6 cm³/mol. The fourth-order valence-corrected chi connectivity index (χ4v) is 1.96. The zero-order valence-electron chi connectivity index (χ0n) is 6.98. The second-order valence-electron chi connectivity index (χ2n) is 3.29. The quantitative estimate of drug-likeness (QED) is 0.670. The van der Waals surface area contributed by atoms with Crippen molar-refractivity contribution in [2.24, 2.45) is 5.92 Å². The molecule has 0 heterocycles. The van der Waals surface area contributed by atoms with Crippen molar-refractivity contribution in [1.29, 1.82) is 0 Å². The van der Waals surface area contributed by atoms with Crippen molar-refractivity contribution in [3.05, 3.63) is 0 Å². The molecule has 0 amide bonds. The van der Waals surface area contributed by atoms with Crippen LogP contribution in [-0.2, 0) is 9.09 Å². The Balaban J connectivity index is 2.17. The lowest BCUT2D eigenvalue weighted by Crippen LogP contribution is -2.12. The van der Waals surface area contributed by atoms with Gasteiger partial charge in [-0.2, -0.15) is 0 Å². The van der Waals surface area contributed by atoms with E-state index in [2.05, 4.69) is 4.52 Å². The highest BCUT2D eigenvalue weighted by Gasteiger charge is 2.19. The van der Waals surface area contributed by atoms with Gasteiger partial charge in [0.2, 0.25) is 0 Å². The molecule has 72 valence electrons. The Morgan fingerprint density at radius 1 is 1.25 bits per heavy atom. The molecule has 0 radical (unpaired) electrons. The van der Waals surface area contributed by atoms with Crippen LogP contribution < -0.4 is 0 Å². The summed E-state index contributed by atoms with van der Waals surface area (Å²) >= 11 is 0. The van der Waals surface area contributed by atoms with E-state index < -0.39 is 7.82 Å². The minimum atomic E-state index is -4.23. The van der Waals surface area contributed by atoms with Crippen LogP contribution in [0.25, 0.3) is 0 Å². The largest absolute Gasteiger partial charge is 0.469 e. The molecule has 0 unspecified atom stereocenters. The fourth-order valence-electron chi connectivity index (χ4n) is 1.56. The predicted octanol–water partition coefficient (Wildman–Crippen LogP) is 1.68. The lowest BCUT2D eigenvalue weighted by atomic mass is 9.90. The van der Waals surface area contributed by atoms with Crippen LogP contribution >= 0.6 is 7.82 Å². The molecule has 0 saturated heterocycles. The Morgan fingerprint density at radius 2 is 1.83 bits per heavy atom. The molecular formula is C7H15O4P. The Bertz CT molecular complexity index is 170. The summed E-state index contributed by atoms with van der Waals surface area (Å²) in [5.41, 5.74) is 0. The van der Waals surface area contributed by atoms with Crippen LogP contribution in [0.5, 0.6) is 0 Å². The third-order valence-electron chi connectivity index (χ3n) is 2.20. The minimum absolute atomic E-state index is 0.213.